The Morgan fingerprint density at radius 2 is 1.73 bits per heavy atom. The molecule has 1 heterocycles. The molecule has 0 aromatic heterocycles. The SMILES string of the molecule is CC1CN(c2cccc(NC(=O)[C@H]3CC[C@H](NS(=O)(=O)C(C)C)CC3)c2)C[C@H](C)O1. The van der Waals surface area contributed by atoms with Crippen molar-refractivity contribution in [3.63, 3.8) is 0 Å². The summed E-state index contributed by atoms with van der Waals surface area (Å²) in [5.41, 5.74) is 1.88. The van der Waals surface area contributed by atoms with Gasteiger partial charge < -0.3 is 15.0 Å². The smallest absolute Gasteiger partial charge is 0.227 e. The molecule has 3 rings (SSSR count). The van der Waals surface area contributed by atoms with Gasteiger partial charge in [0.2, 0.25) is 15.9 Å². The van der Waals surface area contributed by atoms with Crippen molar-refractivity contribution in [1.29, 1.82) is 0 Å². The number of nitrogens with one attached hydrogen (secondary N) is 2. The molecule has 1 aromatic rings. The minimum atomic E-state index is -3.27. The third-order valence-electron chi connectivity index (χ3n) is 5.95. The van der Waals surface area contributed by atoms with Crippen molar-refractivity contribution >= 4 is 27.3 Å². The highest BCUT2D eigenvalue weighted by Gasteiger charge is 2.29. The van der Waals surface area contributed by atoms with E-state index in [2.05, 4.69) is 34.9 Å². The number of rotatable bonds is 6. The summed E-state index contributed by atoms with van der Waals surface area (Å²) in [5, 5.41) is 2.62. The molecule has 0 spiro atoms. The van der Waals surface area contributed by atoms with E-state index in [1.54, 1.807) is 13.8 Å². The van der Waals surface area contributed by atoms with Gasteiger partial charge in [-0.3, -0.25) is 4.79 Å². The fourth-order valence-corrected chi connectivity index (χ4v) is 5.23. The van der Waals surface area contributed by atoms with Gasteiger partial charge in [0.1, 0.15) is 0 Å². The molecule has 2 fully saturated rings. The molecule has 0 radical (unpaired) electrons. The number of amides is 1. The summed E-state index contributed by atoms with van der Waals surface area (Å²) in [7, 11) is -3.27. The number of anilines is 2. The van der Waals surface area contributed by atoms with Crippen molar-refractivity contribution in [1.82, 2.24) is 4.72 Å². The lowest BCUT2D eigenvalue weighted by atomic mass is 9.86. The highest BCUT2D eigenvalue weighted by molar-refractivity contribution is 7.90. The fraction of sp³-hybridized carbons (Fsp3) is 0.682. The third kappa shape index (κ3) is 5.95. The average Bonchev–Trinajstić information content (AvgIpc) is 2.67. The molecule has 1 amide bonds. The normalized spacial score (nSPS) is 27.8. The third-order valence-corrected chi connectivity index (χ3v) is 7.85. The zero-order chi connectivity index (χ0) is 21.9. The van der Waals surface area contributed by atoms with Gasteiger partial charge in [-0.2, -0.15) is 0 Å². The summed E-state index contributed by atoms with van der Waals surface area (Å²) in [6.07, 6.45) is 3.11. The maximum absolute atomic E-state index is 12.8. The van der Waals surface area contributed by atoms with Crippen LogP contribution >= 0.6 is 0 Å². The molecule has 168 valence electrons. The monoisotopic (exact) mass is 437 g/mol. The topological polar surface area (TPSA) is 87.7 Å². The van der Waals surface area contributed by atoms with Crippen molar-refractivity contribution < 1.29 is 17.9 Å². The van der Waals surface area contributed by atoms with Crippen LogP contribution in [-0.4, -0.2) is 50.9 Å². The number of hydrogen-bond acceptors (Lipinski definition) is 5. The molecule has 1 unspecified atom stereocenters. The molecule has 30 heavy (non-hydrogen) atoms. The van der Waals surface area contributed by atoms with Gasteiger partial charge in [0, 0.05) is 36.4 Å². The lowest BCUT2D eigenvalue weighted by molar-refractivity contribution is -0.120. The highest BCUT2D eigenvalue weighted by Crippen LogP contribution is 2.28. The first-order valence-corrected chi connectivity index (χ1v) is 12.5. The van der Waals surface area contributed by atoms with Gasteiger partial charge in [-0.05, 0) is 71.6 Å². The van der Waals surface area contributed by atoms with E-state index >= 15 is 0 Å². The summed E-state index contributed by atoms with van der Waals surface area (Å²) in [6, 6.07) is 7.89. The van der Waals surface area contributed by atoms with Gasteiger partial charge in [0.15, 0.2) is 0 Å². The Hall–Kier alpha value is -1.64. The maximum Gasteiger partial charge on any atom is 0.227 e. The highest BCUT2D eigenvalue weighted by atomic mass is 32.2. The Morgan fingerprint density at radius 1 is 1.10 bits per heavy atom. The van der Waals surface area contributed by atoms with Gasteiger partial charge in [-0.1, -0.05) is 6.07 Å². The van der Waals surface area contributed by atoms with E-state index in [4.69, 9.17) is 4.74 Å². The van der Waals surface area contributed by atoms with Crippen LogP contribution < -0.4 is 14.9 Å². The van der Waals surface area contributed by atoms with Gasteiger partial charge in [-0.25, -0.2) is 13.1 Å². The van der Waals surface area contributed by atoms with Gasteiger partial charge in [0.05, 0.1) is 17.5 Å². The van der Waals surface area contributed by atoms with Crippen LogP contribution in [0.1, 0.15) is 53.4 Å². The molecule has 1 aliphatic carbocycles. The van der Waals surface area contributed by atoms with E-state index in [9.17, 15) is 13.2 Å². The molecule has 7 nitrogen and oxygen atoms in total. The average molecular weight is 438 g/mol. The van der Waals surface area contributed by atoms with Crippen LogP contribution in [-0.2, 0) is 19.6 Å². The Morgan fingerprint density at radius 3 is 2.33 bits per heavy atom. The number of hydrogen-bond donors (Lipinski definition) is 2. The van der Waals surface area contributed by atoms with Crippen LogP contribution in [0.5, 0.6) is 0 Å². The van der Waals surface area contributed by atoms with Crippen molar-refractivity contribution in [2.24, 2.45) is 5.92 Å². The molecule has 8 heteroatoms. The van der Waals surface area contributed by atoms with Gasteiger partial charge >= 0.3 is 0 Å². The lowest BCUT2D eigenvalue weighted by Crippen LogP contribution is -2.45. The minimum absolute atomic E-state index is 0.0148. The van der Waals surface area contributed by atoms with Crippen LogP contribution in [0.15, 0.2) is 24.3 Å². The Balaban J connectivity index is 1.54. The number of sulfonamides is 1. The summed E-state index contributed by atoms with van der Waals surface area (Å²) < 4.78 is 32.7. The quantitative estimate of drug-likeness (QED) is 0.714. The molecule has 2 aliphatic rings. The van der Waals surface area contributed by atoms with E-state index in [-0.39, 0.29) is 30.1 Å². The standard InChI is InChI=1S/C22H35N3O4S/c1-15(2)30(27,28)24-19-10-8-18(9-11-19)22(26)23-20-6-5-7-21(12-20)25-13-16(3)29-17(4)14-25/h5-7,12,15-19,24H,8-11,13-14H2,1-4H3,(H,23,26)/t16-,17?,18-,19-/m0/s1. The largest absolute Gasteiger partial charge is 0.372 e. The summed E-state index contributed by atoms with van der Waals surface area (Å²) in [4.78, 5) is 15.1. The number of benzene rings is 1. The van der Waals surface area contributed by atoms with E-state index in [0.29, 0.717) is 25.7 Å². The van der Waals surface area contributed by atoms with Gasteiger partial charge in [-0.15, -0.1) is 0 Å². The number of carbonyl (C=O) groups is 1. The maximum atomic E-state index is 12.8. The first-order valence-electron chi connectivity index (χ1n) is 11.0. The molecule has 2 N–H and O–H groups in total. The van der Waals surface area contributed by atoms with Crippen molar-refractivity contribution in [3.05, 3.63) is 24.3 Å². The summed E-state index contributed by atoms with van der Waals surface area (Å²) in [6.45, 7) is 9.16. The molecule has 1 aliphatic heterocycles. The van der Waals surface area contributed by atoms with E-state index in [1.165, 1.54) is 0 Å². The van der Waals surface area contributed by atoms with Crippen molar-refractivity contribution in [2.45, 2.75) is 76.9 Å². The fourth-order valence-electron chi connectivity index (χ4n) is 4.26. The minimum Gasteiger partial charge on any atom is -0.372 e. The van der Waals surface area contributed by atoms with E-state index < -0.39 is 15.3 Å². The van der Waals surface area contributed by atoms with Gasteiger partial charge in [0.25, 0.3) is 0 Å². The second-order valence-corrected chi connectivity index (χ2v) is 11.2. The second-order valence-electron chi connectivity index (χ2n) is 8.96. The zero-order valence-corrected chi connectivity index (χ0v) is 19.2. The molecular weight excluding hydrogens is 402 g/mol. The number of morpholine rings is 1. The Bertz CT molecular complexity index is 825. The van der Waals surface area contributed by atoms with E-state index in [0.717, 1.165) is 24.5 Å². The molecule has 1 saturated carbocycles. The van der Waals surface area contributed by atoms with Crippen molar-refractivity contribution in [2.75, 3.05) is 23.3 Å². The molecule has 2 atom stereocenters. The summed E-state index contributed by atoms with van der Waals surface area (Å²) in [5.74, 6) is -0.0714. The Labute approximate surface area is 180 Å². The lowest BCUT2D eigenvalue weighted by Gasteiger charge is -2.37. The van der Waals surface area contributed by atoms with Crippen LogP contribution in [0, 0.1) is 5.92 Å². The second kappa shape index (κ2) is 9.66. The predicted octanol–water partition coefficient (Wildman–Crippen LogP) is 3.13. The van der Waals surface area contributed by atoms with E-state index in [1.807, 2.05) is 18.2 Å². The molecule has 0 bridgehead atoms. The zero-order valence-electron chi connectivity index (χ0n) is 18.4. The van der Waals surface area contributed by atoms with Crippen LogP contribution in [0.3, 0.4) is 0 Å². The Kier molecular flexibility index (Phi) is 7.42. The number of ether oxygens (including phenoxy) is 1. The first kappa shape index (κ1) is 23.0. The molecule has 1 saturated heterocycles. The predicted molar refractivity (Wildman–Crippen MR) is 120 cm³/mol. The number of nitrogens with zero attached hydrogens (tertiary/aromatic N) is 1. The summed E-state index contributed by atoms with van der Waals surface area (Å²) >= 11 is 0. The van der Waals surface area contributed by atoms with Crippen LogP contribution in [0.2, 0.25) is 0 Å². The van der Waals surface area contributed by atoms with Crippen LogP contribution in [0.4, 0.5) is 11.4 Å². The molecular formula is C22H35N3O4S. The molecule has 1 aromatic carbocycles. The van der Waals surface area contributed by atoms with Crippen LogP contribution in [0.25, 0.3) is 0 Å². The van der Waals surface area contributed by atoms with Crippen molar-refractivity contribution in [3.8, 4) is 0 Å². The number of carbonyl (C=O) groups excluding carboxylic acids is 1. The first-order chi connectivity index (χ1) is 14.1.